The van der Waals surface area contributed by atoms with E-state index < -0.39 is 11.7 Å². The van der Waals surface area contributed by atoms with E-state index >= 15 is 0 Å². The second-order valence-electron chi connectivity index (χ2n) is 9.26. The molecule has 3 rings (SSSR count). The monoisotopic (exact) mass is 531 g/mol. The number of amides is 2. The van der Waals surface area contributed by atoms with Gasteiger partial charge < -0.3 is 11.1 Å². The van der Waals surface area contributed by atoms with Gasteiger partial charge in [0.1, 0.15) is 0 Å². The summed E-state index contributed by atoms with van der Waals surface area (Å²) in [6.45, 7) is 8.36. The van der Waals surface area contributed by atoms with E-state index in [4.69, 9.17) is 17.3 Å². The Morgan fingerprint density at radius 3 is 2.11 bits per heavy atom. The molecule has 2 amide bonds. The summed E-state index contributed by atoms with van der Waals surface area (Å²) in [7, 11) is 0. The molecule has 37 heavy (non-hydrogen) atoms. The highest BCUT2D eigenvalue weighted by Crippen LogP contribution is 2.35. The van der Waals surface area contributed by atoms with Gasteiger partial charge in [-0.1, -0.05) is 63.6 Å². The quantitative estimate of drug-likeness (QED) is 0.286. The summed E-state index contributed by atoms with van der Waals surface area (Å²) in [5.41, 5.74) is 10.8. The third-order valence-electron chi connectivity index (χ3n) is 6.48. The molecule has 4 nitrogen and oxygen atoms in total. The molecule has 0 heterocycles. The van der Waals surface area contributed by atoms with Crippen molar-refractivity contribution >= 4 is 34.7 Å². The van der Waals surface area contributed by atoms with E-state index in [2.05, 4.69) is 19.2 Å². The summed E-state index contributed by atoms with van der Waals surface area (Å²) in [5, 5.41) is 3.53. The summed E-state index contributed by atoms with van der Waals surface area (Å²) in [5.74, 6) is 0.331. The molecule has 0 saturated carbocycles. The number of urea groups is 1. The van der Waals surface area contributed by atoms with E-state index in [0.29, 0.717) is 52.8 Å². The number of carbonyl (C=O) groups excluding carboxylic acids is 1. The number of benzene rings is 3. The van der Waals surface area contributed by atoms with E-state index in [-0.39, 0.29) is 12.6 Å². The summed E-state index contributed by atoms with van der Waals surface area (Å²) in [6, 6.07) is 14.1. The predicted octanol–water partition coefficient (Wildman–Crippen LogP) is 8.47. The number of anilines is 3. The van der Waals surface area contributed by atoms with Gasteiger partial charge in [-0.05, 0) is 77.8 Å². The van der Waals surface area contributed by atoms with E-state index in [9.17, 15) is 18.0 Å². The summed E-state index contributed by atoms with van der Waals surface area (Å²) < 4.78 is 38.9. The number of alkyl halides is 3. The number of nitrogens with zero attached hydrogens (tertiary/aromatic N) is 1. The number of carbonyl (C=O) groups is 1. The third-order valence-corrected chi connectivity index (χ3v) is 6.82. The molecule has 3 aromatic carbocycles. The first-order valence-corrected chi connectivity index (χ1v) is 12.8. The molecule has 0 aromatic heterocycles. The van der Waals surface area contributed by atoms with Crippen LogP contribution < -0.4 is 16.0 Å². The van der Waals surface area contributed by atoms with Gasteiger partial charge >= 0.3 is 12.2 Å². The van der Waals surface area contributed by atoms with Gasteiger partial charge in [-0.2, -0.15) is 13.2 Å². The molecule has 3 aromatic rings. The van der Waals surface area contributed by atoms with Crippen LogP contribution in [0.1, 0.15) is 61.4 Å². The van der Waals surface area contributed by atoms with E-state index in [1.165, 1.54) is 12.1 Å². The first kappa shape index (κ1) is 28.4. The van der Waals surface area contributed by atoms with Crippen LogP contribution in [0.15, 0.2) is 54.6 Å². The van der Waals surface area contributed by atoms with Crippen LogP contribution in [0, 0.1) is 0 Å². The molecule has 0 radical (unpaired) electrons. The fourth-order valence-corrected chi connectivity index (χ4v) is 4.64. The molecule has 8 heteroatoms. The minimum Gasteiger partial charge on any atom is -0.398 e. The van der Waals surface area contributed by atoms with Crippen molar-refractivity contribution in [3.63, 3.8) is 0 Å². The Labute approximate surface area is 221 Å². The Hall–Kier alpha value is -3.19. The molecule has 0 fully saturated rings. The van der Waals surface area contributed by atoms with Gasteiger partial charge in [0.25, 0.3) is 0 Å². The number of rotatable bonds is 8. The molecular weight excluding hydrogens is 499 g/mol. The zero-order valence-corrected chi connectivity index (χ0v) is 22.3. The Morgan fingerprint density at radius 1 is 1.00 bits per heavy atom. The second-order valence-corrected chi connectivity index (χ2v) is 9.67. The molecule has 0 spiro atoms. The minimum absolute atomic E-state index is 0.261. The van der Waals surface area contributed by atoms with Crippen molar-refractivity contribution in [2.75, 3.05) is 22.5 Å². The molecule has 0 aliphatic carbocycles. The normalized spacial score (nSPS) is 11.6. The van der Waals surface area contributed by atoms with Crippen molar-refractivity contribution in [3.05, 3.63) is 87.4 Å². The topological polar surface area (TPSA) is 58.4 Å². The maximum Gasteiger partial charge on any atom is 0.416 e. The summed E-state index contributed by atoms with van der Waals surface area (Å²) in [6.07, 6.45) is -2.80. The molecule has 3 N–H and O–H groups in total. The minimum atomic E-state index is -4.39. The Balaban J connectivity index is 1.94. The highest BCUT2D eigenvalue weighted by molar-refractivity contribution is 6.32. The third kappa shape index (κ3) is 6.77. The van der Waals surface area contributed by atoms with Crippen LogP contribution in [-0.4, -0.2) is 12.6 Å². The van der Waals surface area contributed by atoms with Crippen molar-refractivity contribution in [1.29, 1.82) is 0 Å². The van der Waals surface area contributed by atoms with Gasteiger partial charge in [0, 0.05) is 22.9 Å². The predicted molar refractivity (Wildman–Crippen MR) is 147 cm³/mol. The zero-order valence-electron chi connectivity index (χ0n) is 21.5. The van der Waals surface area contributed by atoms with E-state index in [1.807, 2.05) is 38.1 Å². The van der Waals surface area contributed by atoms with Gasteiger partial charge in [0.05, 0.1) is 11.3 Å². The SMILES string of the molecule is CCc1c(N)cc(Cl)c(CC)c1NC(=O)N(CCc1ccc(C(F)(F)F)cc1)c1ccc(C(C)C)cc1. The van der Waals surface area contributed by atoms with Crippen molar-refractivity contribution in [2.45, 2.75) is 59.1 Å². The lowest BCUT2D eigenvalue weighted by atomic mass is 10.0. The first-order chi connectivity index (χ1) is 17.5. The Morgan fingerprint density at radius 2 is 1.59 bits per heavy atom. The number of hydrogen-bond acceptors (Lipinski definition) is 2. The molecule has 0 aliphatic rings. The van der Waals surface area contributed by atoms with Crippen molar-refractivity contribution in [3.8, 4) is 0 Å². The van der Waals surface area contributed by atoms with Gasteiger partial charge in [0.15, 0.2) is 0 Å². The fraction of sp³-hybridized carbons (Fsp3) is 0.345. The summed E-state index contributed by atoms with van der Waals surface area (Å²) >= 11 is 6.45. The van der Waals surface area contributed by atoms with Crippen LogP contribution in [0.5, 0.6) is 0 Å². The molecule has 0 saturated heterocycles. The average molecular weight is 532 g/mol. The largest absolute Gasteiger partial charge is 0.416 e. The van der Waals surface area contributed by atoms with E-state index in [1.54, 1.807) is 11.0 Å². The summed E-state index contributed by atoms with van der Waals surface area (Å²) in [4.78, 5) is 15.3. The smallest absolute Gasteiger partial charge is 0.398 e. The molecule has 0 atom stereocenters. The molecule has 0 unspecified atom stereocenters. The van der Waals surface area contributed by atoms with Gasteiger partial charge in [-0.25, -0.2) is 4.79 Å². The van der Waals surface area contributed by atoms with E-state index in [0.717, 1.165) is 28.8 Å². The second kappa shape index (κ2) is 11.9. The number of nitrogens with two attached hydrogens (primary N) is 1. The lowest BCUT2D eigenvalue weighted by molar-refractivity contribution is -0.137. The Bertz CT molecular complexity index is 1190. The molecule has 198 valence electrons. The number of halogens is 4. The van der Waals surface area contributed by atoms with Crippen molar-refractivity contribution in [1.82, 2.24) is 0 Å². The van der Waals surface area contributed by atoms with Crippen LogP contribution in [0.4, 0.5) is 35.0 Å². The lowest BCUT2D eigenvalue weighted by Crippen LogP contribution is -2.37. The standard InChI is InChI=1S/C29H33ClF3N3O/c1-5-23-25(30)17-26(34)24(6-2)27(23)35-28(37)36(22-13-9-20(10-14-22)18(3)4)16-15-19-7-11-21(12-8-19)29(31,32)33/h7-14,17-18H,5-6,15-16,34H2,1-4H3,(H,35,37). The highest BCUT2D eigenvalue weighted by Gasteiger charge is 2.30. The van der Waals surface area contributed by atoms with Crippen LogP contribution in [0.2, 0.25) is 5.02 Å². The molecule has 0 aliphatic heterocycles. The van der Waals surface area contributed by atoms with Crippen LogP contribution >= 0.6 is 11.6 Å². The van der Waals surface area contributed by atoms with Crippen LogP contribution in [-0.2, 0) is 25.4 Å². The fourth-order valence-electron chi connectivity index (χ4n) is 4.30. The maximum atomic E-state index is 13.7. The van der Waals surface area contributed by atoms with Crippen LogP contribution in [0.3, 0.4) is 0 Å². The molecule has 0 bridgehead atoms. The van der Waals surface area contributed by atoms with Crippen molar-refractivity contribution < 1.29 is 18.0 Å². The molecular formula is C29H33ClF3N3O. The van der Waals surface area contributed by atoms with Crippen molar-refractivity contribution in [2.24, 2.45) is 0 Å². The lowest BCUT2D eigenvalue weighted by Gasteiger charge is -2.26. The number of nitrogen functional groups attached to an aromatic ring is 1. The number of nitrogens with one attached hydrogen (secondary N) is 1. The number of hydrogen-bond donors (Lipinski definition) is 2. The van der Waals surface area contributed by atoms with Gasteiger partial charge in [-0.3, -0.25) is 4.90 Å². The van der Waals surface area contributed by atoms with Crippen LogP contribution in [0.25, 0.3) is 0 Å². The average Bonchev–Trinajstić information content (AvgIpc) is 2.84. The van der Waals surface area contributed by atoms with Gasteiger partial charge in [0.2, 0.25) is 0 Å². The highest BCUT2D eigenvalue weighted by atomic mass is 35.5. The Kier molecular flexibility index (Phi) is 9.13. The van der Waals surface area contributed by atoms with Gasteiger partial charge in [-0.15, -0.1) is 0 Å². The maximum absolute atomic E-state index is 13.7. The first-order valence-electron chi connectivity index (χ1n) is 12.4. The zero-order chi connectivity index (χ0) is 27.3.